The summed E-state index contributed by atoms with van der Waals surface area (Å²) in [6.45, 7) is 8.62. The second kappa shape index (κ2) is 5.23. The van der Waals surface area contributed by atoms with Gasteiger partial charge in [0.15, 0.2) is 0 Å². The van der Waals surface area contributed by atoms with Gasteiger partial charge < -0.3 is 10.1 Å². The average Bonchev–Trinajstić information content (AvgIpc) is 2.81. The summed E-state index contributed by atoms with van der Waals surface area (Å²) < 4.78 is 6.30. The number of ether oxygens (including phenoxy) is 1. The molecule has 2 heterocycles. The fourth-order valence-corrected chi connectivity index (χ4v) is 3.80. The summed E-state index contributed by atoms with van der Waals surface area (Å²) in [6, 6.07) is 0.425. The van der Waals surface area contributed by atoms with Crippen LogP contribution in [0.1, 0.15) is 51.6 Å². The van der Waals surface area contributed by atoms with Gasteiger partial charge in [0.1, 0.15) is 17.6 Å². The monoisotopic (exact) mass is 275 g/mol. The van der Waals surface area contributed by atoms with E-state index in [4.69, 9.17) is 4.74 Å². The van der Waals surface area contributed by atoms with Crippen LogP contribution in [0.15, 0.2) is 0 Å². The van der Waals surface area contributed by atoms with Gasteiger partial charge in [0.05, 0.1) is 11.7 Å². The zero-order valence-electron chi connectivity index (χ0n) is 12.9. The van der Waals surface area contributed by atoms with Crippen LogP contribution in [-0.2, 0) is 6.42 Å². The summed E-state index contributed by atoms with van der Waals surface area (Å²) >= 11 is 0. The molecule has 1 fully saturated rings. The Kier molecular flexibility index (Phi) is 3.57. The molecule has 4 heteroatoms. The lowest BCUT2D eigenvalue weighted by Crippen LogP contribution is -2.43. The van der Waals surface area contributed by atoms with Gasteiger partial charge in [-0.05, 0) is 38.0 Å². The van der Waals surface area contributed by atoms with Gasteiger partial charge in [0, 0.05) is 0 Å². The van der Waals surface area contributed by atoms with Crippen LogP contribution in [0.25, 0.3) is 0 Å². The molecule has 110 valence electrons. The zero-order valence-corrected chi connectivity index (χ0v) is 12.9. The third-order valence-corrected chi connectivity index (χ3v) is 4.94. The van der Waals surface area contributed by atoms with E-state index in [0.717, 1.165) is 29.5 Å². The molecule has 1 aliphatic heterocycles. The molecule has 4 nitrogen and oxygen atoms in total. The first-order valence-corrected chi connectivity index (χ1v) is 7.98. The maximum Gasteiger partial charge on any atom is 0.241 e. The van der Waals surface area contributed by atoms with Gasteiger partial charge in [0.25, 0.3) is 0 Å². The third-order valence-electron chi connectivity index (χ3n) is 4.94. The van der Waals surface area contributed by atoms with Gasteiger partial charge in [-0.3, -0.25) is 0 Å². The Bertz CT molecular complexity index is 503. The van der Waals surface area contributed by atoms with Crippen LogP contribution in [0.5, 0.6) is 5.88 Å². The highest BCUT2D eigenvalue weighted by atomic mass is 16.5. The number of rotatable bonds is 3. The van der Waals surface area contributed by atoms with Gasteiger partial charge in [-0.1, -0.05) is 27.2 Å². The van der Waals surface area contributed by atoms with E-state index in [2.05, 4.69) is 36.1 Å². The van der Waals surface area contributed by atoms with Crippen LogP contribution < -0.4 is 10.1 Å². The van der Waals surface area contributed by atoms with E-state index >= 15 is 0 Å². The summed E-state index contributed by atoms with van der Waals surface area (Å²) in [5, 5.41) is 3.72. The summed E-state index contributed by atoms with van der Waals surface area (Å²) in [7, 11) is 0. The second-order valence-electron chi connectivity index (χ2n) is 6.08. The molecule has 1 aliphatic carbocycles. The number of fused-ring (bicyclic) bond motifs is 2. The Balaban J connectivity index is 1.98. The first-order chi connectivity index (χ1) is 9.67. The third kappa shape index (κ3) is 2.05. The molecule has 1 aromatic heterocycles. The smallest absolute Gasteiger partial charge is 0.241 e. The molecule has 0 bridgehead atoms. The number of anilines is 1. The van der Waals surface area contributed by atoms with Crippen LogP contribution in [-0.4, -0.2) is 22.1 Å². The topological polar surface area (TPSA) is 47.0 Å². The van der Waals surface area contributed by atoms with Crippen LogP contribution in [0, 0.1) is 18.8 Å². The van der Waals surface area contributed by atoms with Crippen molar-refractivity contribution in [3.8, 4) is 5.88 Å². The predicted molar refractivity (Wildman–Crippen MR) is 80.2 cm³/mol. The fraction of sp³-hybridized carbons (Fsp3) is 0.750. The van der Waals surface area contributed by atoms with E-state index in [1.54, 1.807) is 0 Å². The van der Waals surface area contributed by atoms with Crippen LogP contribution in [0.4, 0.5) is 5.69 Å². The fourth-order valence-electron chi connectivity index (χ4n) is 3.80. The summed E-state index contributed by atoms with van der Waals surface area (Å²) in [5.74, 6) is 2.92. The Morgan fingerprint density at radius 3 is 2.55 bits per heavy atom. The van der Waals surface area contributed by atoms with Crippen molar-refractivity contribution in [1.82, 2.24) is 9.97 Å². The first kappa shape index (κ1) is 13.7. The molecule has 0 unspecified atom stereocenters. The first-order valence-electron chi connectivity index (χ1n) is 7.98. The lowest BCUT2D eigenvalue weighted by molar-refractivity contribution is 0.128. The van der Waals surface area contributed by atoms with Gasteiger partial charge in [0.2, 0.25) is 5.88 Å². The predicted octanol–water partition coefficient (Wildman–Crippen LogP) is 3.35. The minimum Gasteiger partial charge on any atom is -0.470 e. The van der Waals surface area contributed by atoms with Crippen molar-refractivity contribution in [1.29, 1.82) is 0 Å². The van der Waals surface area contributed by atoms with E-state index in [-0.39, 0.29) is 6.10 Å². The molecule has 2 aliphatic rings. The van der Waals surface area contributed by atoms with E-state index < -0.39 is 0 Å². The maximum atomic E-state index is 6.30. The quantitative estimate of drug-likeness (QED) is 0.919. The van der Waals surface area contributed by atoms with Crippen LogP contribution in [0.3, 0.4) is 0 Å². The summed E-state index contributed by atoms with van der Waals surface area (Å²) in [5.41, 5.74) is 2.12. The number of hydrogen-bond donors (Lipinski definition) is 1. The zero-order chi connectivity index (χ0) is 14.3. The van der Waals surface area contributed by atoms with Crippen molar-refractivity contribution in [2.24, 2.45) is 11.8 Å². The average molecular weight is 275 g/mol. The number of nitrogens with zero attached hydrogens (tertiary/aromatic N) is 2. The van der Waals surface area contributed by atoms with Gasteiger partial charge in [-0.2, -0.15) is 4.98 Å². The maximum absolute atomic E-state index is 6.30. The van der Waals surface area contributed by atoms with Gasteiger partial charge in [-0.25, -0.2) is 4.98 Å². The SMILES string of the molecule is CCc1nc(C)nc2c1N[C@@H]1[C@@H](CC)C[C@H](CC)[C@@H]1O2. The Morgan fingerprint density at radius 2 is 1.90 bits per heavy atom. The van der Waals surface area contributed by atoms with Crippen LogP contribution in [0.2, 0.25) is 0 Å². The van der Waals surface area contributed by atoms with E-state index in [1.807, 2.05) is 6.92 Å². The molecule has 1 N–H and O–H groups in total. The highest BCUT2D eigenvalue weighted by Crippen LogP contribution is 2.44. The molecule has 0 saturated heterocycles. The Hall–Kier alpha value is -1.32. The molecule has 1 saturated carbocycles. The summed E-state index contributed by atoms with van der Waals surface area (Å²) in [4.78, 5) is 9.06. The molecular weight excluding hydrogens is 250 g/mol. The number of aromatic nitrogens is 2. The van der Waals surface area contributed by atoms with Crippen molar-refractivity contribution >= 4 is 5.69 Å². The molecule has 0 spiro atoms. The second-order valence-corrected chi connectivity index (χ2v) is 6.08. The number of aryl methyl sites for hydroxylation is 2. The van der Waals surface area contributed by atoms with Gasteiger partial charge in [-0.15, -0.1) is 0 Å². The lowest BCUT2D eigenvalue weighted by Gasteiger charge is -2.35. The summed E-state index contributed by atoms with van der Waals surface area (Å²) in [6.07, 6.45) is 4.83. The number of hydrogen-bond acceptors (Lipinski definition) is 4. The molecular formula is C16H25N3O. The molecule has 20 heavy (non-hydrogen) atoms. The van der Waals surface area contributed by atoms with E-state index in [9.17, 15) is 0 Å². The van der Waals surface area contributed by atoms with Crippen molar-refractivity contribution in [2.75, 3.05) is 5.32 Å². The Labute approximate surface area is 121 Å². The minimum absolute atomic E-state index is 0.274. The molecule has 0 radical (unpaired) electrons. The van der Waals surface area contributed by atoms with E-state index in [0.29, 0.717) is 17.9 Å². The molecule has 0 amide bonds. The van der Waals surface area contributed by atoms with E-state index in [1.165, 1.54) is 19.3 Å². The van der Waals surface area contributed by atoms with Crippen molar-refractivity contribution in [2.45, 2.75) is 65.5 Å². The van der Waals surface area contributed by atoms with Gasteiger partial charge >= 0.3 is 0 Å². The van der Waals surface area contributed by atoms with Crippen molar-refractivity contribution in [3.05, 3.63) is 11.5 Å². The highest BCUT2D eigenvalue weighted by Gasteiger charge is 2.46. The standard InChI is InChI=1S/C16H25N3O/c1-5-10-8-11(6-2)15-13(10)19-14-12(7-3)17-9(4)18-16(14)20-15/h10-11,13,15,19H,5-8H2,1-4H3/t10-,11-,13+,15-/m0/s1. The minimum atomic E-state index is 0.274. The van der Waals surface area contributed by atoms with Crippen LogP contribution >= 0.6 is 0 Å². The van der Waals surface area contributed by atoms with Crippen molar-refractivity contribution in [3.63, 3.8) is 0 Å². The highest BCUT2D eigenvalue weighted by molar-refractivity contribution is 5.59. The molecule has 3 rings (SSSR count). The van der Waals surface area contributed by atoms with Crippen molar-refractivity contribution < 1.29 is 4.74 Å². The molecule has 4 atom stereocenters. The molecule has 0 aromatic carbocycles. The lowest BCUT2D eigenvalue weighted by atomic mass is 9.98. The largest absolute Gasteiger partial charge is 0.470 e. The number of nitrogens with one attached hydrogen (secondary N) is 1. The molecule has 1 aromatic rings. The normalized spacial score (nSPS) is 31.2. The Morgan fingerprint density at radius 1 is 1.15 bits per heavy atom.